The number of nitrogens with one attached hydrogen (secondary N) is 1. The lowest BCUT2D eigenvalue weighted by atomic mass is 9.99. The monoisotopic (exact) mass is 271 g/mol. The molecule has 0 unspecified atom stereocenters. The summed E-state index contributed by atoms with van der Waals surface area (Å²) in [5, 5.41) is 3.32. The fraction of sp³-hybridized carbons (Fsp3) is 0.375. The van der Waals surface area contributed by atoms with Crippen LogP contribution in [0.1, 0.15) is 36.8 Å². The summed E-state index contributed by atoms with van der Waals surface area (Å²) in [6.07, 6.45) is 0.874. The minimum Gasteiger partial charge on any atom is -0.312 e. The van der Waals surface area contributed by atoms with E-state index in [1.807, 2.05) is 6.07 Å². The van der Waals surface area contributed by atoms with Crippen molar-refractivity contribution in [3.63, 3.8) is 0 Å². The van der Waals surface area contributed by atoms with Crippen LogP contribution in [0.2, 0.25) is 0 Å². The third-order valence-corrected chi connectivity index (χ3v) is 3.60. The Labute approximate surface area is 118 Å². The van der Waals surface area contributed by atoms with E-state index in [0.717, 1.165) is 35.7 Å². The normalized spacial score (nSPS) is 14.4. The average Bonchev–Trinajstić information content (AvgIpc) is 2.46. The van der Waals surface area contributed by atoms with Crippen molar-refractivity contribution in [2.45, 2.75) is 32.7 Å². The quantitative estimate of drug-likeness (QED) is 0.912. The van der Waals surface area contributed by atoms with Gasteiger partial charge in [0.1, 0.15) is 11.6 Å². The van der Waals surface area contributed by atoms with Crippen molar-refractivity contribution in [3.8, 4) is 11.3 Å². The van der Waals surface area contributed by atoms with Crippen LogP contribution in [-0.2, 0) is 13.0 Å². The van der Waals surface area contributed by atoms with Gasteiger partial charge < -0.3 is 5.32 Å². The van der Waals surface area contributed by atoms with Crippen molar-refractivity contribution in [2.75, 3.05) is 6.54 Å². The number of benzene rings is 1. The third-order valence-electron chi connectivity index (χ3n) is 3.60. The minimum absolute atomic E-state index is 0.228. The van der Waals surface area contributed by atoms with E-state index >= 15 is 0 Å². The summed E-state index contributed by atoms with van der Waals surface area (Å²) in [6.45, 7) is 5.75. The van der Waals surface area contributed by atoms with Crippen LogP contribution in [-0.4, -0.2) is 16.5 Å². The highest BCUT2D eigenvalue weighted by atomic mass is 19.1. The Kier molecular flexibility index (Phi) is 3.49. The van der Waals surface area contributed by atoms with Gasteiger partial charge in [0.2, 0.25) is 0 Å². The number of hydrogen-bond acceptors (Lipinski definition) is 3. The van der Waals surface area contributed by atoms with Crippen molar-refractivity contribution in [2.24, 2.45) is 0 Å². The molecule has 1 aliphatic heterocycles. The van der Waals surface area contributed by atoms with Gasteiger partial charge in [0.15, 0.2) is 0 Å². The second kappa shape index (κ2) is 5.29. The van der Waals surface area contributed by atoms with E-state index in [1.165, 1.54) is 6.07 Å². The summed E-state index contributed by atoms with van der Waals surface area (Å²) in [4.78, 5) is 9.28. The highest BCUT2D eigenvalue weighted by Crippen LogP contribution is 2.29. The van der Waals surface area contributed by atoms with Crippen molar-refractivity contribution in [3.05, 3.63) is 47.2 Å². The van der Waals surface area contributed by atoms with Crippen LogP contribution in [0.15, 0.2) is 24.3 Å². The molecule has 3 nitrogen and oxygen atoms in total. The van der Waals surface area contributed by atoms with Gasteiger partial charge in [0.25, 0.3) is 0 Å². The van der Waals surface area contributed by atoms with Crippen LogP contribution in [0.25, 0.3) is 11.3 Å². The highest BCUT2D eigenvalue weighted by Gasteiger charge is 2.21. The Morgan fingerprint density at radius 1 is 1.20 bits per heavy atom. The molecule has 0 bridgehead atoms. The molecule has 20 heavy (non-hydrogen) atoms. The van der Waals surface area contributed by atoms with Crippen molar-refractivity contribution in [1.82, 2.24) is 15.3 Å². The fourth-order valence-electron chi connectivity index (χ4n) is 2.50. The first-order valence-corrected chi connectivity index (χ1v) is 7.02. The van der Waals surface area contributed by atoms with Crippen LogP contribution in [0, 0.1) is 5.82 Å². The van der Waals surface area contributed by atoms with E-state index in [4.69, 9.17) is 0 Å². The van der Waals surface area contributed by atoms with Crippen LogP contribution in [0.3, 0.4) is 0 Å². The van der Waals surface area contributed by atoms with Gasteiger partial charge in [-0.15, -0.1) is 0 Å². The molecule has 2 aromatic rings. The van der Waals surface area contributed by atoms with Gasteiger partial charge in [0, 0.05) is 36.6 Å². The van der Waals surface area contributed by atoms with Crippen molar-refractivity contribution >= 4 is 0 Å². The zero-order chi connectivity index (χ0) is 14.1. The van der Waals surface area contributed by atoms with Crippen molar-refractivity contribution < 1.29 is 4.39 Å². The molecule has 1 aliphatic rings. The predicted octanol–water partition coefficient (Wildman–Crippen LogP) is 3.05. The standard InChI is InChI=1S/C16H18FN3/c1-10(2)16-19-14-7-8-18-9-12(14)15(20-16)11-5-3-4-6-13(11)17/h3-6,10,18H,7-9H2,1-2H3. The molecule has 1 aromatic carbocycles. The van der Waals surface area contributed by atoms with E-state index in [0.29, 0.717) is 12.1 Å². The average molecular weight is 271 g/mol. The summed E-state index contributed by atoms with van der Waals surface area (Å²) >= 11 is 0. The molecule has 0 radical (unpaired) electrons. The second-order valence-electron chi connectivity index (χ2n) is 5.42. The van der Waals surface area contributed by atoms with E-state index in [1.54, 1.807) is 12.1 Å². The Morgan fingerprint density at radius 2 is 2.00 bits per heavy atom. The van der Waals surface area contributed by atoms with E-state index in [2.05, 4.69) is 29.1 Å². The smallest absolute Gasteiger partial charge is 0.132 e. The van der Waals surface area contributed by atoms with Gasteiger partial charge in [-0.1, -0.05) is 26.0 Å². The predicted molar refractivity (Wildman–Crippen MR) is 76.9 cm³/mol. The molecule has 1 aromatic heterocycles. The molecular formula is C16H18FN3. The Bertz CT molecular complexity index is 638. The van der Waals surface area contributed by atoms with Gasteiger partial charge in [0.05, 0.1) is 11.4 Å². The summed E-state index contributed by atoms with van der Waals surface area (Å²) < 4.78 is 14.1. The molecule has 2 heterocycles. The second-order valence-corrected chi connectivity index (χ2v) is 5.42. The summed E-state index contributed by atoms with van der Waals surface area (Å²) in [5.41, 5.74) is 3.40. The molecule has 1 N–H and O–H groups in total. The van der Waals surface area contributed by atoms with Gasteiger partial charge in [-0.05, 0) is 12.1 Å². The lowest BCUT2D eigenvalue weighted by molar-refractivity contribution is 0.610. The van der Waals surface area contributed by atoms with Crippen LogP contribution in [0.5, 0.6) is 0 Å². The molecular weight excluding hydrogens is 253 g/mol. The first-order valence-electron chi connectivity index (χ1n) is 7.02. The number of fused-ring (bicyclic) bond motifs is 1. The third kappa shape index (κ3) is 2.31. The highest BCUT2D eigenvalue weighted by molar-refractivity contribution is 5.65. The van der Waals surface area contributed by atoms with Crippen LogP contribution >= 0.6 is 0 Å². The summed E-state index contributed by atoms with van der Waals surface area (Å²) in [7, 11) is 0. The van der Waals surface area contributed by atoms with E-state index in [-0.39, 0.29) is 11.7 Å². The minimum atomic E-state index is -0.228. The largest absolute Gasteiger partial charge is 0.312 e. The maximum absolute atomic E-state index is 14.1. The van der Waals surface area contributed by atoms with Gasteiger partial charge in [-0.3, -0.25) is 0 Å². The first kappa shape index (κ1) is 13.2. The molecule has 4 heteroatoms. The number of hydrogen-bond donors (Lipinski definition) is 1. The number of halogens is 1. The van der Waals surface area contributed by atoms with E-state index in [9.17, 15) is 4.39 Å². The topological polar surface area (TPSA) is 37.8 Å². The maximum atomic E-state index is 14.1. The maximum Gasteiger partial charge on any atom is 0.132 e. The van der Waals surface area contributed by atoms with Gasteiger partial charge in [-0.25, -0.2) is 14.4 Å². The molecule has 0 amide bonds. The number of rotatable bonds is 2. The van der Waals surface area contributed by atoms with Gasteiger partial charge >= 0.3 is 0 Å². The number of nitrogens with zero attached hydrogens (tertiary/aromatic N) is 2. The first-order chi connectivity index (χ1) is 9.66. The van der Waals surface area contributed by atoms with Crippen LogP contribution < -0.4 is 5.32 Å². The molecule has 104 valence electrons. The molecule has 0 saturated heterocycles. The van der Waals surface area contributed by atoms with Crippen molar-refractivity contribution in [1.29, 1.82) is 0 Å². The van der Waals surface area contributed by atoms with Crippen LogP contribution in [0.4, 0.5) is 4.39 Å². The zero-order valence-corrected chi connectivity index (χ0v) is 11.8. The van der Waals surface area contributed by atoms with E-state index < -0.39 is 0 Å². The SMILES string of the molecule is CC(C)c1nc2c(c(-c3ccccc3F)n1)CNCC2. The lowest BCUT2D eigenvalue weighted by Gasteiger charge is -2.21. The molecule has 0 saturated carbocycles. The molecule has 0 aliphatic carbocycles. The zero-order valence-electron chi connectivity index (χ0n) is 11.8. The Morgan fingerprint density at radius 3 is 2.75 bits per heavy atom. The molecule has 0 spiro atoms. The number of aromatic nitrogens is 2. The Balaban J connectivity index is 2.23. The summed E-state index contributed by atoms with van der Waals surface area (Å²) in [6, 6.07) is 6.82. The Hall–Kier alpha value is -1.81. The molecule has 3 rings (SSSR count). The summed E-state index contributed by atoms with van der Waals surface area (Å²) in [5.74, 6) is 0.804. The fourth-order valence-corrected chi connectivity index (χ4v) is 2.50. The molecule has 0 fully saturated rings. The lowest BCUT2D eigenvalue weighted by Crippen LogP contribution is -2.26. The molecule has 0 atom stereocenters. The van der Waals surface area contributed by atoms with Gasteiger partial charge in [-0.2, -0.15) is 0 Å².